The van der Waals surface area contributed by atoms with Gasteiger partial charge >= 0.3 is 0 Å². The summed E-state index contributed by atoms with van der Waals surface area (Å²) in [7, 11) is 2.99. The average molecular weight is 301 g/mol. The van der Waals surface area contributed by atoms with Crippen LogP contribution >= 0.6 is 0 Å². The molecule has 116 valence electrons. The first-order valence-corrected chi connectivity index (χ1v) is 6.92. The number of anilines is 2. The second-order valence-electron chi connectivity index (χ2n) is 4.47. The molecular weight excluding hydrogens is 282 g/mol. The summed E-state index contributed by atoms with van der Waals surface area (Å²) in [6, 6.07) is 10.9. The molecule has 0 aliphatic rings. The topological polar surface area (TPSA) is 63.7 Å². The minimum atomic E-state index is -0.274. The predicted molar refractivity (Wildman–Crippen MR) is 84.2 cm³/mol. The van der Waals surface area contributed by atoms with Crippen LogP contribution in [0, 0.1) is 0 Å². The van der Waals surface area contributed by atoms with Crippen LogP contribution in [0.25, 0.3) is 0 Å². The number of pyridine rings is 1. The summed E-state index contributed by atoms with van der Waals surface area (Å²) >= 11 is 0. The molecule has 0 saturated heterocycles. The van der Waals surface area contributed by atoms with Gasteiger partial charge in [0.2, 0.25) is 0 Å². The van der Waals surface area contributed by atoms with Crippen molar-refractivity contribution in [1.82, 2.24) is 10.0 Å². The van der Waals surface area contributed by atoms with Gasteiger partial charge in [-0.2, -0.15) is 0 Å². The maximum atomic E-state index is 12.2. The first-order chi connectivity index (χ1) is 10.7. The molecule has 0 unspecified atom stereocenters. The molecule has 0 saturated carbocycles. The van der Waals surface area contributed by atoms with Gasteiger partial charge in [-0.15, -0.1) is 0 Å². The molecule has 2 aromatic rings. The molecule has 6 heteroatoms. The maximum absolute atomic E-state index is 12.2. The van der Waals surface area contributed by atoms with Crippen LogP contribution in [0.4, 0.5) is 11.5 Å². The van der Waals surface area contributed by atoms with Crippen molar-refractivity contribution in [1.29, 1.82) is 0 Å². The first kappa shape index (κ1) is 15.8. The lowest BCUT2D eigenvalue weighted by Gasteiger charge is -2.16. The molecule has 0 spiro atoms. The third-order valence-electron chi connectivity index (χ3n) is 3.03. The third kappa shape index (κ3) is 3.73. The van der Waals surface area contributed by atoms with Crippen molar-refractivity contribution in [3.63, 3.8) is 0 Å². The van der Waals surface area contributed by atoms with Gasteiger partial charge < -0.3 is 10.1 Å². The normalized spacial score (nSPS) is 10.1. The number of benzene rings is 1. The van der Waals surface area contributed by atoms with E-state index in [9.17, 15) is 4.79 Å². The number of carbonyl (C=O) groups excluding carboxylic acids is 1. The quantitative estimate of drug-likeness (QED) is 0.831. The van der Waals surface area contributed by atoms with Gasteiger partial charge in [0.1, 0.15) is 11.6 Å². The molecule has 0 aliphatic heterocycles. The van der Waals surface area contributed by atoms with Crippen molar-refractivity contribution in [2.24, 2.45) is 0 Å². The van der Waals surface area contributed by atoms with E-state index in [2.05, 4.69) is 10.3 Å². The van der Waals surface area contributed by atoms with E-state index in [1.165, 1.54) is 7.11 Å². The highest BCUT2D eigenvalue weighted by molar-refractivity contribution is 5.98. The van der Waals surface area contributed by atoms with E-state index in [1.807, 2.05) is 31.2 Å². The zero-order chi connectivity index (χ0) is 15.9. The van der Waals surface area contributed by atoms with Gasteiger partial charge in [0, 0.05) is 18.9 Å². The van der Waals surface area contributed by atoms with E-state index < -0.39 is 0 Å². The molecule has 0 radical (unpaired) electrons. The standard InChI is InChI=1S/C16H19N3O3/c1-4-22-13-9-7-12(8-10-13)18-15-14(6-5-11-17-15)16(20)19(2)21-3/h5-11H,4H2,1-3H3,(H,17,18). The van der Waals surface area contributed by atoms with Gasteiger partial charge in [-0.05, 0) is 43.3 Å². The molecule has 1 aromatic heterocycles. The number of ether oxygens (including phenoxy) is 1. The number of nitrogens with zero attached hydrogens (tertiary/aromatic N) is 2. The molecule has 0 atom stereocenters. The Kier molecular flexibility index (Phi) is 5.32. The largest absolute Gasteiger partial charge is 0.494 e. The van der Waals surface area contributed by atoms with Crippen LogP contribution in [-0.4, -0.2) is 36.7 Å². The summed E-state index contributed by atoms with van der Waals surface area (Å²) in [5.74, 6) is 0.995. The van der Waals surface area contributed by atoms with Crippen molar-refractivity contribution >= 4 is 17.4 Å². The maximum Gasteiger partial charge on any atom is 0.280 e. The van der Waals surface area contributed by atoms with Gasteiger partial charge in [0.15, 0.2) is 0 Å². The number of hydrogen-bond acceptors (Lipinski definition) is 5. The van der Waals surface area contributed by atoms with Crippen molar-refractivity contribution in [2.45, 2.75) is 6.92 Å². The highest BCUT2D eigenvalue weighted by Crippen LogP contribution is 2.22. The lowest BCUT2D eigenvalue weighted by molar-refractivity contribution is -0.0756. The number of hydrogen-bond donors (Lipinski definition) is 1. The van der Waals surface area contributed by atoms with E-state index in [4.69, 9.17) is 9.57 Å². The van der Waals surface area contributed by atoms with Crippen LogP contribution < -0.4 is 10.1 Å². The molecule has 0 bridgehead atoms. The second kappa shape index (κ2) is 7.42. The minimum absolute atomic E-state index is 0.274. The van der Waals surface area contributed by atoms with Crippen LogP contribution in [-0.2, 0) is 4.84 Å². The lowest BCUT2D eigenvalue weighted by Crippen LogP contribution is -2.26. The van der Waals surface area contributed by atoms with Crippen LogP contribution in [0.5, 0.6) is 5.75 Å². The first-order valence-electron chi connectivity index (χ1n) is 6.92. The van der Waals surface area contributed by atoms with Crippen LogP contribution in [0.1, 0.15) is 17.3 Å². The Bertz CT molecular complexity index is 629. The molecule has 1 aromatic carbocycles. The third-order valence-corrected chi connectivity index (χ3v) is 3.03. The highest BCUT2D eigenvalue weighted by Gasteiger charge is 2.16. The Morgan fingerprint density at radius 1 is 1.27 bits per heavy atom. The van der Waals surface area contributed by atoms with Gasteiger partial charge in [0.05, 0.1) is 19.3 Å². The minimum Gasteiger partial charge on any atom is -0.494 e. The molecule has 0 fully saturated rings. The molecule has 6 nitrogen and oxygen atoms in total. The molecule has 1 N–H and O–H groups in total. The molecule has 1 amide bonds. The Hall–Kier alpha value is -2.60. The Balaban J connectivity index is 2.21. The Labute approximate surface area is 129 Å². The molecule has 0 aliphatic carbocycles. The second-order valence-corrected chi connectivity index (χ2v) is 4.47. The number of carbonyl (C=O) groups is 1. The summed E-state index contributed by atoms with van der Waals surface area (Å²) in [6.07, 6.45) is 1.63. The molecule has 2 rings (SSSR count). The summed E-state index contributed by atoms with van der Waals surface area (Å²) in [4.78, 5) is 21.4. The zero-order valence-electron chi connectivity index (χ0n) is 12.9. The van der Waals surface area contributed by atoms with Crippen molar-refractivity contribution < 1.29 is 14.4 Å². The summed E-state index contributed by atoms with van der Waals surface area (Å²) < 4.78 is 5.40. The number of aromatic nitrogens is 1. The number of amides is 1. The van der Waals surface area contributed by atoms with E-state index in [1.54, 1.807) is 25.4 Å². The van der Waals surface area contributed by atoms with E-state index in [0.29, 0.717) is 18.0 Å². The zero-order valence-corrected chi connectivity index (χ0v) is 12.9. The van der Waals surface area contributed by atoms with E-state index in [-0.39, 0.29) is 5.91 Å². The number of rotatable bonds is 6. The summed E-state index contributed by atoms with van der Waals surface area (Å²) in [5, 5.41) is 4.29. The SMILES string of the molecule is CCOc1ccc(Nc2ncccc2C(=O)N(C)OC)cc1. The number of hydroxylamine groups is 2. The van der Waals surface area contributed by atoms with Gasteiger partial charge in [-0.25, -0.2) is 10.0 Å². The van der Waals surface area contributed by atoms with Crippen molar-refractivity contribution in [2.75, 3.05) is 26.1 Å². The predicted octanol–water partition coefficient (Wildman–Crippen LogP) is 2.86. The smallest absolute Gasteiger partial charge is 0.280 e. The monoisotopic (exact) mass is 301 g/mol. The van der Waals surface area contributed by atoms with Crippen LogP contribution in [0.2, 0.25) is 0 Å². The molecule has 22 heavy (non-hydrogen) atoms. The van der Waals surface area contributed by atoms with Gasteiger partial charge in [0.25, 0.3) is 5.91 Å². The van der Waals surface area contributed by atoms with Crippen LogP contribution in [0.15, 0.2) is 42.6 Å². The Morgan fingerprint density at radius 2 is 2.00 bits per heavy atom. The fourth-order valence-electron chi connectivity index (χ4n) is 1.87. The van der Waals surface area contributed by atoms with E-state index >= 15 is 0 Å². The average Bonchev–Trinajstić information content (AvgIpc) is 2.56. The summed E-state index contributed by atoms with van der Waals surface area (Å²) in [5.41, 5.74) is 1.25. The fourth-order valence-corrected chi connectivity index (χ4v) is 1.87. The molecule has 1 heterocycles. The van der Waals surface area contributed by atoms with Gasteiger partial charge in [-0.1, -0.05) is 0 Å². The highest BCUT2D eigenvalue weighted by atomic mass is 16.7. The summed E-state index contributed by atoms with van der Waals surface area (Å²) in [6.45, 7) is 2.55. The van der Waals surface area contributed by atoms with Crippen LogP contribution in [0.3, 0.4) is 0 Å². The van der Waals surface area contributed by atoms with Crippen molar-refractivity contribution in [3.05, 3.63) is 48.2 Å². The molecular formula is C16H19N3O3. The van der Waals surface area contributed by atoms with Crippen molar-refractivity contribution in [3.8, 4) is 5.75 Å². The lowest BCUT2D eigenvalue weighted by atomic mass is 10.2. The van der Waals surface area contributed by atoms with Gasteiger partial charge in [-0.3, -0.25) is 9.63 Å². The van der Waals surface area contributed by atoms with E-state index in [0.717, 1.165) is 16.5 Å². The number of nitrogens with one attached hydrogen (secondary N) is 1. The fraction of sp³-hybridized carbons (Fsp3) is 0.250. The Morgan fingerprint density at radius 3 is 2.64 bits per heavy atom.